The van der Waals surface area contributed by atoms with E-state index in [9.17, 15) is 4.79 Å². The summed E-state index contributed by atoms with van der Waals surface area (Å²) in [6, 6.07) is 3.49. The number of rotatable bonds is 2. The summed E-state index contributed by atoms with van der Waals surface area (Å²) in [4.78, 5) is 14.1. The molecule has 1 aromatic rings. The van der Waals surface area contributed by atoms with E-state index in [2.05, 4.69) is 0 Å². The molecular formula is C13H16Cl2N2O. The van der Waals surface area contributed by atoms with Crippen LogP contribution >= 0.6 is 23.2 Å². The molecule has 2 N–H and O–H groups in total. The van der Waals surface area contributed by atoms with Crippen molar-refractivity contribution in [1.82, 2.24) is 4.90 Å². The molecule has 1 fully saturated rings. The Hall–Kier alpha value is -0.930. The Labute approximate surface area is 117 Å². The monoisotopic (exact) mass is 286 g/mol. The average molecular weight is 287 g/mol. The fourth-order valence-corrected chi connectivity index (χ4v) is 2.73. The summed E-state index contributed by atoms with van der Waals surface area (Å²) in [5.41, 5.74) is 6.56. The second kappa shape index (κ2) is 5.37. The topological polar surface area (TPSA) is 46.3 Å². The molecule has 0 atom stereocenters. The van der Waals surface area contributed by atoms with Gasteiger partial charge in [0.05, 0.1) is 15.7 Å². The first-order chi connectivity index (χ1) is 8.50. The van der Waals surface area contributed by atoms with Crippen LogP contribution in [0.2, 0.25) is 10.0 Å². The predicted octanol–water partition coefficient (Wildman–Crippen LogP) is 3.59. The van der Waals surface area contributed by atoms with Gasteiger partial charge in [0.25, 0.3) is 5.91 Å². The molecule has 1 saturated carbocycles. The van der Waals surface area contributed by atoms with Crippen LogP contribution in [-0.4, -0.2) is 23.9 Å². The molecule has 3 nitrogen and oxygen atoms in total. The van der Waals surface area contributed by atoms with Gasteiger partial charge in [-0.05, 0) is 25.0 Å². The summed E-state index contributed by atoms with van der Waals surface area (Å²) in [5.74, 6) is -0.0489. The van der Waals surface area contributed by atoms with Gasteiger partial charge >= 0.3 is 0 Å². The third-order valence-corrected chi connectivity index (χ3v) is 4.31. The van der Waals surface area contributed by atoms with E-state index in [-0.39, 0.29) is 5.91 Å². The summed E-state index contributed by atoms with van der Waals surface area (Å²) in [5, 5.41) is 0.622. The molecule has 1 amide bonds. The summed E-state index contributed by atoms with van der Waals surface area (Å²) in [7, 11) is 1.83. The molecule has 1 aliphatic carbocycles. The van der Waals surface area contributed by atoms with Gasteiger partial charge in [-0.15, -0.1) is 0 Å². The van der Waals surface area contributed by atoms with Crippen molar-refractivity contribution in [3.05, 3.63) is 27.7 Å². The zero-order chi connectivity index (χ0) is 13.3. The highest BCUT2D eigenvalue weighted by Crippen LogP contribution is 2.31. The number of hydrogen-bond donors (Lipinski definition) is 1. The number of nitrogens with two attached hydrogens (primary N) is 1. The summed E-state index contributed by atoms with van der Waals surface area (Å²) < 4.78 is 0. The minimum Gasteiger partial charge on any atom is -0.397 e. The van der Waals surface area contributed by atoms with Crippen molar-refractivity contribution in [3.63, 3.8) is 0 Å². The second-order valence-electron chi connectivity index (χ2n) is 4.72. The zero-order valence-electron chi connectivity index (χ0n) is 10.2. The van der Waals surface area contributed by atoms with Gasteiger partial charge in [0.1, 0.15) is 0 Å². The van der Waals surface area contributed by atoms with Crippen LogP contribution in [0.15, 0.2) is 12.1 Å². The number of halogens is 2. The Bertz CT molecular complexity index is 447. The third kappa shape index (κ3) is 2.57. The molecule has 5 heteroatoms. The second-order valence-corrected chi connectivity index (χ2v) is 5.50. The van der Waals surface area contributed by atoms with Crippen molar-refractivity contribution in [2.24, 2.45) is 0 Å². The molecule has 18 heavy (non-hydrogen) atoms. The van der Waals surface area contributed by atoms with Gasteiger partial charge in [-0.2, -0.15) is 0 Å². The van der Waals surface area contributed by atoms with Crippen molar-refractivity contribution in [3.8, 4) is 0 Å². The largest absolute Gasteiger partial charge is 0.397 e. The van der Waals surface area contributed by atoms with E-state index in [1.165, 1.54) is 12.8 Å². The molecule has 0 saturated heterocycles. The average Bonchev–Trinajstić information content (AvgIpc) is 2.87. The van der Waals surface area contributed by atoms with Crippen molar-refractivity contribution in [2.45, 2.75) is 31.7 Å². The zero-order valence-corrected chi connectivity index (χ0v) is 11.8. The first-order valence-electron chi connectivity index (χ1n) is 6.02. The molecular weight excluding hydrogens is 271 g/mol. The number of nitrogen functional groups attached to an aromatic ring is 1. The van der Waals surface area contributed by atoms with Gasteiger partial charge in [-0.3, -0.25) is 4.79 Å². The summed E-state index contributed by atoms with van der Waals surface area (Å²) in [6.07, 6.45) is 4.51. The van der Waals surface area contributed by atoms with E-state index in [1.54, 1.807) is 17.0 Å². The lowest BCUT2D eigenvalue weighted by Crippen LogP contribution is -2.35. The van der Waals surface area contributed by atoms with Crippen LogP contribution in [0.1, 0.15) is 36.0 Å². The molecule has 0 aromatic heterocycles. The maximum absolute atomic E-state index is 12.3. The lowest BCUT2D eigenvalue weighted by Gasteiger charge is -2.24. The van der Waals surface area contributed by atoms with Crippen LogP contribution in [0.25, 0.3) is 0 Å². The normalized spacial score (nSPS) is 15.9. The summed E-state index contributed by atoms with van der Waals surface area (Å²) >= 11 is 11.8. The molecule has 1 aliphatic rings. The quantitative estimate of drug-likeness (QED) is 0.845. The first-order valence-corrected chi connectivity index (χ1v) is 6.78. The first kappa shape index (κ1) is 13.5. The predicted molar refractivity (Wildman–Crippen MR) is 75.2 cm³/mol. The number of nitrogens with zero attached hydrogens (tertiary/aromatic N) is 1. The number of anilines is 1. The molecule has 0 unspecified atom stereocenters. The van der Waals surface area contributed by atoms with Crippen LogP contribution in [0.3, 0.4) is 0 Å². The standard InChI is InChI=1S/C13H16Cl2N2O/c1-17(9-4-2-3-5-9)13(18)8-6-10(14)12(15)11(16)7-8/h6-7,9H,2-5,16H2,1H3. The SMILES string of the molecule is CN(C(=O)c1cc(N)c(Cl)c(Cl)c1)C1CCCC1. The molecule has 0 spiro atoms. The van der Waals surface area contributed by atoms with Gasteiger partial charge in [0.2, 0.25) is 0 Å². The van der Waals surface area contributed by atoms with Gasteiger partial charge in [-0.25, -0.2) is 0 Å². The fourth-order valence-electron chi connectivity index (χ4n) is 2.39. The van der Waals surface area contributed by atoms with Gasteiger partial charge < -0.3 is 10.6 Å². The molecule has 0 bridgehead atoms. The number of carbonyl (C=O) groups excluding carboxylic acids is 1. The van der Waals surface area contributed by atoms with Crippen LogP contribution in [0.5, 0.6) is 0 Å². The van der Waals surface area contributed by atoms with Crippen LogP contribution in [0.4, 0.5) is 5.69 Å². The molecule has 98 valence electrons. The highest BCUT2D eigenvalue weighted by molar-refractivity contribution is 6.43. The molecule has 0 heterocycles. The van der Waals surface area contributed by atoms with Gasteiger partial charge in [0.15, 0.2) is 0 Å². The lowest BCUT2D eigenvalue weighted by atomic mass is 10.1. The van der Waals surface area contributed by atoms with E-state index >= 15 is 0 Å². The Morgan fingerprint density at radius 1 is 1.33 bits per heavy atom. The van der Waals surface area contributed by atoms with Crippen LogP contribution < -0.4 is 5.73 Å². The minimum absolute atomic E-state index is 0.0489. The van der Waals surface area contributed by atoms with E-state index < -0.39 is 0 Å². The van der Waals surface area contributed by atoms with Crippen LogP contribution in [-0.2, 0) is 0 Å². The molecule has 1 aromatic carbocycles. The van der Waals surface area contributed by atoms with E-state index in [1.807, 2.05) is 7.05 Å². The number of benzene rings is 1. The maximum Gasteiger partial charge on any atom is 0.253 e. The number of carbonyl (C=O) groups is 1. The molecule has 2 rings (SSSR count). The Morgan fingerprint density at radius 2 is 1.94 bits per heavy atom. The minimum atomic E-state index is -0.0489. The number of amides is 1. The van der Waals surface area contributed by atoms with Gasteiger partial charge in [-0.1, -0.05) is 36.0 Å². The Morgan fingerprint density at radius 3 is 2.50 bits per heavy atom. The Kier molecular flexibility index (Phi) is 4.03. The number of hydrogen-bond acceptors (Lipinski definition) is 2. The van der Waals surface area contributed by atoms with Crippen molar-refractivity contribution in [2.75, 3.05) is 12.8 Å². The molecule has 0 radical (unpaired) electrons. The third-order valence-electron chi connectivity index (χ3n) is 3.50. The highest BCUT2D eigenvalue weighted by atomic mass is 35.5. The summed E-state index contributed by atoms with van der Waals surface area (Å²) in [6.45, 7) is 0. The van der Waals surface area contributed by atoms with E-state index in [4.69, 9.17) is 28.9 Å². The lowest BCUT2D eigenvalue weighted by molar-refractivity contribution is 0.0735. The van der Waals surface area contributed by atoms with Crippen molar-refractivity contribution >= 4 is 34.8 Å². The van der Waals surface area contributed by atoms with Crippen LogP contribution in [0, 0.1) is 0 Å². The Balaban J connectivity index is 2.22. The fraction of sp³-hybridized carbons (Fsp3) is 0.462. The van der Waals surface area contributed by atoms with Crippen molar-refractivity contribution in [1.29, 1.82) is 0 Å². The van der Waals surface area contributed by atoms with Crippen molar-refractivity contribution < 1.29 is 4.79 Å². The highest BCUT2D eigenvalue weighted by Gasteiger charge is 2.24. The molecule has 0 aliphatic heterocycles. The van der Waals surface area contributed by atoms with E-state index in [0.717, 1.165) is 12.8 Å². The van der Waals surface area contributed by atoms with E-state index in [0.29, 0.717) is 27.3 Å². The maximum atomic E-state index is 12.3. The smallest absolute Gasteiger partial charge is 0.253 e. The van der Waals surface area contributed by atoms with Gasteiger partial charge in [0, 0.05) is 18.7 Å².